The van der Waals surface area contributed by atoms with Gasteiger partial charge in [-0.25, -0.2) is 4.68 Å². The first kappa shape index (κ1) is 19.2. The van der Waals surface area contributed by atoms with Crippen LogP contribution < -0.4 is 11.2 Å². The Balaban J connectivity index is 1.60. The molecule has 1 amide bonds. The summed E-state index contributed by atoms with van der Waals surface area (Å²) >= 11 is 4.82. The van der Waals surface area contributed by atoms with E-state index in [1.807, 2.05) is 31.2 Å². The van der Waals surface area contributed by atoms with Crippen LogP contribution >= 0.6 is 27.7 Å². The maximum atomic E-state index is 12.4. The van der Waals surface area contributed by atoms with Crippen LogP contribution in [0.3, 0.4) is 0 Å². The van der Waals surface area contributed by atoms with Gasteiger partial charge in [0.05, 0.1) is 5.25 Å². The maximum absolute atomic E-state index is 12.4. The van der Waals surface area contributed by atoms with Gasteiger partial charge in [0.15, 0.2) is 5.82 Å². The lowest BCUT2D eigenvalue weighted by atomic mass is 9.89. The fourth-order valence-electron chi connectivity index (χ4n) is 3.18. The van der Waals surface area contributed by atoms with Gasteiger partial charge in [-0.15, -0.1) is 10.2 Å². The molecule has 140 valence electrons. The Morgan fingerprint density at radius 3 is 2.81 bits per heavy atom. The highest BCUT2D eigenvalue weighted by Gasteiger charge is 2.22. The molecule has 1 aromatic heterocycles. The number of halogens is 1. The van der Waals surface area contributed by atoms with Gasteiger partial charge in [-0.3, -0.25) is 4.79 Å². The van der Waals surface area contributed by atoms with E-state index in [1.54, 1.807) is 0 Å². The zero-order valence-corrected chi connectivity index (χ0v) is 17.2. The molecule has 1 aliphatic carbocycles. The molecule has 1 atom stereocenters. The average molecular weight is 438 g/mol. The first-order valence-electron chi connectivity index (χ1n) is 8.96. The van der Waals surface area contributed by atoms with Crippen molar-refractivity contribution in [3.8, 4) is 11.4 Å². The minimum Gasteiger partial charge on any atom is -0.355 e. The number of benzene rings is 1. The lowest BCUT2D eigenvalue weighted by Crippen LogP contribution is -2.35. The van der Waals surface area contributed by atoms with Crippen molar-refractivity contribution in [3.05, 3.63) is 28.7 Å². The summed E-state index contributed by atoms with van der Waals surface area (Å²) in [6, 6.07) is 7.70. The van der Waals surface area contributed by atoms with E-state index in [2.05, 4.69) is 31.4 Å². The summed E-state index contributed by atoms with van der Waals surface area (Å²) in [7, 11) is 0. The van der Waals surface area contributed by atoms with Crippen LogP contribution in [0.2, 0.25) is 0 Å². The summed E-state index contributed by atoms with van der Waals surface area (Å²) in [6.45, 7) is 2.63. The molecule has 1 unspecified atom stereocenters. The molecule has 1 heterocycles. The molecule has 2 aromatic rings. The molecule has 0 saturated heterocycles. The predicted molar refractivity (Wildman–Crippen MR) is 108 cm³/mol. The molecule has 0 aliphatic heterocycles. The second-order valence-electron chi connectivity index (χ2n) is 6.67. The van der Waals surface area contributed by atoms with E-state index < -0.39 is 0 Å². The fourth-order valence-corrected chi connectivity index (χ4v) is 4.43. The van der Waals surface area contributed by atoms with Gasteiger partial charge < -0.3 is 11.2 Å². The van der Waals surface area contributed by atoms with E-state index in [-0.39, 0.29) is 11.2 Å². The summed E-state index contributed by atoms with van der Waals surface area (Å²) in [5.74, 6) is 7.36. The van der Waals surface area contributed by atoms with E-state index in [1.165, 1.54) is 48.5 Å². The quantitative estimate of drug-likeness (QED) is 0.532. The Hall–Kier alpha value is -1.54. The van der Waals surface area contributed by atoms with Gasteiger partial charge in [0.2, 0.25) is 11.1 Å². The van der Waals surface area contributed by atoms with E-state index in [0.29, 0.717) is 16.9 Å². The lowest BCUT2D eigenvalue weighted by Gasteiger charge is -2.22. The van der Waals surface area contributed by atoms with Crippen molar-refractivity contribution in [2.75, 3.05) is 12.4 Å². The number of hydrogen-bond donors (Lipinski definition) is 2. The molecule has 3 rings (SSSR count). The molecule has 1 fully saturated rings. The minimum atomic E-state index is -0.280. The Morgan fingerprint density at radius 2 is 2.08 bits per heavy atom. The first-order chi connectivity index (χ1) is 12.6. The molecule has 1 aliphatic rings. The summed E-state index contributed by atoms with van der Waals surface area (Å²) in [5, 5.41) is 11.7. The number of thioether (sulfide) groups is 1. The van der Waals surface area contributed by atoms with E-state index >= 15 is 0 Å². The van der Waals surface area contributed by atoms with Crippen LogP contribution in [-0.4, -0.2) is 32.6 Å². The largest absolute Gasteiger partial charge is 0.355 e. The van der Waals surface area contributed by atoms with Crippen LogP contribution in [0.5, 0.6) is 0 Å². The number of carbonyl (C=O) groups is 1. The monoisotopic (exact) mass is 437 g/mol. The molecule has 8 heteroatoms. The van der Waals surface area contributed by atoms with Gasteiger partial charge in [0.25, 0.3) is 0 Å². The van der Waals surface area contributed by atoms with Gasteiger partial charge in [0.1, 0.15) is 0 Å². The third kappa shape index (κ3) is 4.59. The molecule has 1 aromatic carbocycles. The van der Waals surface area contributed by atoms with E-state index in [9.17, 15) is 4.79 Å². The molecular weight excluding hydrogens is 414 g/mol. The van der Waals surface area contributed by atoms with Gasteiger partial charge >= 0.3 is 0 Å². The molecule has 0 spiro atoms. The van der Waals surface area contributed by atoms with E-state index in [0.717, 1.165) is 16.6 Å². The second kappa shape index (κ2) is 8.90. The highest BCUT2D eigenvalue weighted by molar-refractivity contribution is 9.10. The molecule has 1 saturated carbocycles. The van der Waals surface area contributed by atoms with Crippen molar-refractivity contribution < 1.29 is 4.79 Å². The number of aromatic nitrogens is 3. The lowest BCUT2D eigenvalue weighted by molar-refractivity contribution is -0.120. The van der Waals surface area contributed by atoms with E-state index in [4.69, 9.17) is 5.84 Å². The maximum Gasteiger partial charge on any atom is 0.233 e. The number of carbonyl (C=O) groups excluding carboxylic acids is 1. The fraction of sp³-hybridized carbons (Fsp3) is 0.500. The SMILES string of the molecule is CC(Sc1nnc(-c2ccccc2Br)n1N)C(=O)NCC1CCCCC1. The number of nitrogens with two attached hydrogens (primary N) is 1. The number of nitrogens with zero attached hydrogens (tertiary/aromatic N) is 3. The van der Waals surface area contributed by atoms with Crippen molar-refractivity contribution in [3.63, 3.8) is 0 Å². The smallest absolute Gasteiger partial charge is 0.233 e. The van der Waals surface area contributed by atoms with Crippen molar-refractivity contribution in [2.24, 2.45) is 5.92 Å². The van der Waals surface area contributed by atoms with Crippen LogP contribution in [0, 0.1) is 5.92 Å². The van der Waals surface area contributed by atoms with Crippen LogP contribution in [0.15, 0.2) is 33.9 Å². The third-order valence-corrected chi connectivity index (χ3v) is 6.47. The van der Waals surface area contributed by atoms with Crippen LogP contribution in [-0.2, 0) is 4.79 Å². The Kier molecular flexibility index (Phi) is 6.58. The highest BCUT2D eigenvalue weighted by atomic mass is 79.9. The normalized spacial score (nSPS) is 16.4. The molecule has 6 nitrogen and oxygen atoms in total. The Labute approximate surface area is 166 Å². The van der Waals surface area contributed by atoms with Crippen molar-refractivity contribution in [1.29, 1.82) is 0 Å². The molecule has 0 radical (unpaired) electrons. The summed E-state index contributed by atoms with van der Waals surface area (Å²) in [6.07, 6.45) is 6.31. The molecular formula is C18H24BrN5OS. The van der Waals surface area contributed by atoms with Crippen molar-refractivity contribution >= 4 is 33.6 Å². The van der Waals surface area contributed by atoms with Crippen LogP contribution in [0.4, 0.5) is 0 Å². The highest BCUT2D eigenvalue weighted by Crippen LogP contribution is 2.29. The first-order valence-corrected chi connectivity index (χ1v) is 10.6. The zero-order valence-electron chi connectivity index (χ0n) is 14.8. The van der Waals surface area contributed by atoms with Crippen LogP contribution in [0.1, 0.15) is 39.0 Å². The molecule has 3 N–H and O–H groups in total. The Morgan fingerprint density at radius 1 is 1.35 bits per heavy atom. The van der Waals surface area contributed by atoms with Gasteiger partial charge in [0, 0.05) is 16.6 Å². The van der Waals surface area contributed by atoms with Gasteiger partial charge in [-0.1, -0.05) is 59.1 Å². The number of nitrogen functional groups attached to an aromatic ring is 1. The standard InChI is InChI=1S/C18H24BrN5OS/c1-12(17(25)21-11-13-7-3-2-4-8-13)26-18-23-22-16(24(18)20)14-9-5-6-10-15(14)19/h5-6,9-10,12-13H,2-4,7-8,11,20H2,1H3,(H,21,25). The molecule has 0 bridgehead atoms. The summed E-state index contributed by atoms with van der Waals surface area (Å²) in [4.78, 5) is 12.4. The number of rotatable bonds is 6. The zero-order chi connectivity index (χ0) is 18.5. The predicted octanol–water partition coefficient (Wildman–Crippen LogP) is 3.60. The second-order valence-corrected chi connectivity index (χ2v) is 8.83. The summed E-state index contributed by atoms with van der Waals surface area (Å²) in [5.41, 5.74) is 0.865. The van der Waals surface area contributed by atoms with Gasteiger partial charge in [-0.05, 0) is 37.8 Å². The summed E-state index contributed by atoms with van der Waals surface area (Å²) < 4.78 is 2.34. The number of hydrogen-bond acceptors (Lipinski definition) is 5. The van der Waals surface area contributed by atoms with Crippen LogP contribution in [0.25, 0.3) is 11.4 Å². The third-order valence-electron chi connectivity index (χ3n) is 4.72. The average Bonchev–Trinajstić information content (AvgIpc) is 3.01. The topological polar surface area (TPSA) is 85.8 Å². The van der Waals surface area contributed by atoms with Crippen molar-refractivity contribution in [2.45, 2.75) is 49.4 Å². The molecule has 26 heavy (non-hydrogen) atoms. The number of amides is 1. The van der Waals surface area contributed by atoms with Gasteiger partial charge in [-0.2, -0.15) is 0 Å². The Bertz CT molecular complexity index is 760. The number of nitrogens with one attached hydrogen (secondary N) is 1. The minimum absolute atomic E-state index is 0.0195. The van der Waals surface area contributed by atoms with Crippen molar-refractivity contribution in [1.82, 2.24) is 20.2 Å².